The van der Waals surface area contributed by atoms with Crippen LogP contribution in [0.15, 0.2) is 11.2 Å². The van der Waals surface area contributed by atoms with E-state index in [9.17, 15) is 13.2 Å². The molecule has 2 rings (SSSR count). The molecule has 3 N–H and O–H groups in total. The van der Waals surface area contributed by atoms with Crippen LogP contribution < -0.4 is 5.73 Å². The number of aromatic amines is 1. The summed E-state index contributed by atoms with van der Waals surface area (Å²) in [6.45, 7) is 1.39. The van der Waals surface area contributed by atoms with Gasteiger partial charge in [-0.05, 0) is 19.8 Å². The Hall–Kier alpha value is -1.41. The van der Waals surface area contributed by atoms with Gasteiger partial charge in [-0.15, -0.1) is 0 Å². The van der Waals surface area contributed by atoms with Crippen molar-refractivity contribution in [2.45, 2.75) is 43.7 Å². The van der Waals surface area contributed by atoms with Gasteiger partial charge in [0, 0.05) is 6.04 Å². The van der Waals surface area contributed by atoms with Crippen LogP contribution in [0.3, 0.4) is 0 Å². The SMILES string of the molecule is Cc1ncc(S(=O)(=O)N(CC(N)=O)C2CCCC2)[nH]1. The molecule has 0 aromatic carbocycles. The standard InChI is InChI=1S/C11H18N4O3S/c1-8-13-6-11(14-8)19(17,18)15(7-10(12)16)9-4-2-3-5-9/h6,9H,2-5,7H2,1H3,(H2,12,16)(H,13,14). The second-order valence-electron chi connectivity index (χ2n) is 4.79. The number of primary amides is 1. The quantitative estimate of drug-likeness (QED) is 0.802. The molecule has 106 valence electrons. The van der Waals surface area contributed by atoms with Crippen molar-refractivity contribution in [2.75, 3.05) is 6.54 Å². The Morgan fingerprint density at radius 1 is 1.53 bits per heavy atom. The molecule has 0 spiro atoms. The summed E-state index contributed by atoms with van der Waals surface area (Å²) in [5.74, 6) is -0.129. The maximum atomic E-state index is 12.5. The monoisotopic (exact) mass is 286 g/mol. The summed E-state index contributed by atoms with van der Waals surface area (Å²) in [6.07, 6.45) is 4.74. The van der Waals surface area contributed by atoms with Crippen molar-refractivity contribution in [3.8, 4) is 0 Å². The largest absolute Gasteiger partial charge is 0.369 e. The molecule has 0 bridgehead atoms. The minimum Gasteiger partial charge on any atom is -0.369 e. The number of nitrogens with zero attached hydrogens (tertiary/aromatic N) is 2. The van der Waals surface area contributed by atoms with E-state index in [0.29, 0.717) is 5.82 Å². The number of hydrogen-bond acceptors (Lipinski definition) is 4. The van der Waals surface area contributed by atoms with Gasteiger partial charge in [0.05, 0.1) is 12.7 Å². The highest BCUT2D eigenvalue weighted by Crippen LogP contribution is 2.27. The number of amides is 1. The number of carbonyl (C=O) groups is 1. The summed E-state index contributed by atoms with van der Waals surface area (Å²) in [5.41, 5.74) is 5.17. The second kappa shape index (κ2) is 5.30. The first kappa shape index (κ1) is 14.0. The Labute approximate surface area is 112 Å². The minimum absolute atomic E-state index is 0.0122. The zero-order valence-corrected chi connectivity index (χ0v) is 11.6. The number of hydrogen-bond donors (Lipinski definition) is 2. The smallest absolute Gasteiger partial charge is 0.260 e. The highest BCUT2D eigenvalue weighted by atomic mass is 32.2. The zero-order chi connectivity index (χ0) is 14.0. The van der Waals surface area contributed by atoms with Crippen molar-refractivity contribution in [3.05, 3.63) is 12.0 Å². The molecule has 1 amide bonds. The van der Waals surface area contributed by atoms with Gasteiger partial charge in [-0.25, -0.2) is 13.4 Å². The predicted octanol–water partition coefficient (Wildman–Crippen LogP) is 0.137. The fourth-order valence-electron chi connectivity index (χ4n) is 2.41. The van der Waals surface area contributed by atoms with Crippen LogP contribution in [0.2, 0.25) is 0 Å². The van der Waals surface area contributed by atoms with E-state index < -0.39 is 15.9 Å². The van der Waals surface area contributed by atoms with Gasteiger partial charge in [0.1, 0.15) is 5.82 Å². The first-order chi connectivity index (χ1) is 8.91. The molecule has 0 aliphatic heterocycles. The molecule has 8 heteroatoms. The lowest BCUT2D eigenvalue weighted by molar-refractivity contribution is -0.118. The summed E-state index contributed by atoms with van der Waals surface area (Å²) < 4.78 is 26.2. The van der Waals surface area contributed by atoms with E-state index in [0.717, 1.165) is 25.7 Å². The van der Waals surface area contributed by atoms with Crippen LogP contribution in [0.4, 0.5) is 0 Å². The lowest BCUT2D eigenvalue weighted by atomic mass is 10.2. The van der Waals surface area contributed by atoms with Crippen molar-refractivity contribution in [2.24, 2.45) is 5.73 Å². The Kier molecular flexibility index (Phi) is 3.91. The molecule has 1 aromatic heterocycles. The van der Waals surface area contributed by atoms with Crippen LogP contribution in [0.25, 0.3) is 0 Å². The lowest BCUT2D eigenvalue weighted by Gasteiger charge is -2.25. The second-order valence-corrected chi connectivity index (χ2v) is 6.65. The molecule has 0 atom stereocenters. The molecule has 0 radical (unpaired) electrons. The Morgan fingerprint density at radius 2 is 2.16 bits per heavy atom. The predicted molar refractivity (Wildman–Crippen MR) is 68.7 cm³/mol. The highest BCUT2D eigenvalue weighted by molar-refractivity contribution is 7.89. The molecule has 1 aliphatic carbocycles. The summed E-state index contributed by atoms with van der Waals surface area (Å²) in [7, 11) is -3.74. The number of sulfonamides is 1. The first-order valence-corrected chi connectivity index (χ1v) is 7.67. The van der Waals surface area contributed by atoms with Crippen LogP contribution in [0, 0.1) is 6.92 Å². The third-order valence-electron chi connectivity index (χ3n) is 3.31. The van der Waals surface area contributed by atoms with Crippen LogP contribution in [-0.2, 0) is 14.8 Å². The molecular formula is C11H18N4O3S. The summed E-state index contributed by atoms with van der Waals surface area (Å²) in [4.78, 5) is 17.7. The zero-order valence-electron chi connectivity index (χ0n) is 10.8. The Morgan fingerprint density at radius 3 is 2.63 bits per heavy atom. The third kappa shape index (κ3) is 2.95. The van der Waals surface area contributed by atoms with E-state index >= 15 is 0 Å². The van der Waals surface area contributed by atoms with Gasteiger partial charge in [0.15, 0.2) is 5.03 Å². The number of nitrogens with one attached hydrogen (secondary N) is 1. The Bertz CT molecular complexity index is 560. The van der Waals surface area contributed by atoms with Crippen molar-refractivity contribution in [1.82, 2.24) is 14.3 Å². The van der Waals surface area contributed by atoms with Crippen LogP contribution in [0.1, 0.15) is 31.5 Å². The number of carbonyl (C=O) groups excluding carboxylic acids is 1. The average molecular weight is 286 g/mol. The number of rotatable bonds is 5. The fourth-order valence-corrected chi connectivity index (χ4v) is 4.03. The molecule has 1 aromatic rings. The van der Waals surface area contributed by atoms with E-state index in [-0.39, 0.29) is 17.6 Å². The lowest BCUT2D eigenvalue weighted by Crippen LogP contribution is -2.44. The molecule has 1 fully saturated rings. The molecular weight excluding hydrogens is 268 g/mol. The summed E-state index contributed by atoms with van der Waals surface area (Å²) >= 11 is 0. The van der Waals surface area contributed by atoms with Gasteiger partial charge in [-0.1, -0.05) is 12.8 Å². The van der Waals surface area contributed by atoms with Crippen molar-refractivity contribution in [3.63, 3.8) is 0 Å². The molecule has 1 aliphatic rings. The highest BCUT2D eigenvalue weighted by Gasteiger charge is 2.35. The maximum absolute atomic E-state index is 12.5. The van der Waals surface area contributed by atoms with E-state index in [1.54, 1.807) is 6.92 Å². The van der Waals surface area contributed by atoms with Crippen LogP contribution in [0.5, 0.6) is 0 Å². The van der Waals surface area contributed by atoms with Crippen LogP contribution >= 0.6 is 0 Å². The van der Waals surface area contributed by atoms with E-state index in [2.05, 4.69) is 9.97 Å². The number of H-pyrrole nitrogens is 1. The first-order valence-electron chi connectivity index (χ1n) is 6.23. The summed E-state index contributed by atoms with van der Waals surface area (Å²) in [5, 5.41) is 0.0122. The van der Waals surface area contributed by atoms with Gasteiger partial charge in [0.25, 0.3) is 10.0 Å². The Balaban J connectivity index is 2.33. The minimum atomic E-state index is -3.74. The molecule has 7 nitrogen and oxygen atoms in total. The molecule has 1 heterocycles. The molecule has 0 unspecified atom stereocenters. The molecule has 0 saturated heterocycles. The normalized spacial score (nSPS) is 17.2. The van der Waals surface area contributed by atoms with Gasteiger partial charge in [0.2, 0.25) is 5.91 Å². The van der Waals surface area contributed by atoms with Gasteiger partial charge in [-0.3, -0.25) is 4.79 Å². The van der Waals surface area contributed by atoms with E-state index in [4.69, 9.17) is 5.73 Å². The number of aromatic nitrogens is 2. The molecule has 1 saturated carbocycles. The van der Waals surface area contributed by atoms with Crippen LogP contribution in [-0.4, -0.2) is 41.2 Å². The van der Waals surface area contributed by atoms with Crippen molar-refractivity contribution in [1.29, 1.82) is 0 Å². The average Bonchev–Trinajstić information content (AvgIpc) is 2.96. The van der Waals surface area contributed by atoms with Gasteiger partial charge < -0.3 is 10.7 Å². The number of imidazole rings is 1. The topological polar surface area (TPSA) is 109 Å². The van der Waals surface area contributed by atoms with Gasteiger partial charge >= 0.3 is 0 Å². The fraction of sp³-hybridized carbons (Fsp3) is 0.636. The van der Waals surface area contributed by atoms with Gasteiger partial charge in [-0.2, -0.15) is 4.31 Å². The maximum Gasteiger partial charge on any atom is 0.260 e. The van der Waals surface area contributed by atoms with E-state index in [1.807, 2.05) is 0 Å². The van der Waals surface area contributed by atoms with Crippen molar-refractivity contribution < 1.29 is 13.2 Å². The number of nitrogens with two attached hydrogens (primary N) is 1. The number of aryl methyl sites for hydroxylation is 1. The van der Waals surface area contributed by atoms with Crippen molar-refractivity contribution >= 4 is 15.9 Å². The molecule has 19 heavy (non-hydrogen) atoms. The third-order valence-corrected chi connectivity index (χ3v) is 5.12. The summed E-state index contributed by atoms with van der Waals surface area (Å²) in [6, 6.07) is -0.152. The van der Waals surface area contributed by atoms with E-state index in [1.165, 1.54) is 10.5 Å².